The predicted octanol–water partition coefficient (Wildman–Crippen LogP) is 3.28. The number of amides is 2. The van der Waals surface area contributed by atoms with Crippen LogP contribution in [0.5, 0.6) is 0 Å². The number of cyclic esters (lactones) is 1. The Morgan fingerprint density at radius 2 is 2.04 bits per heavy atom. The monoisotopic (exact) mass is 319 g/mol. The zero-order valence-electron chi connectivity index (χ0n) is 13.8. The number of benzene rings is 1. The molecule has 23 heavy (non-hydrogen) atoms. The highest BCUT2D eigenvalue weighted by molar-refractivity contribution is 5.95. The Balaban J connectivity index is 2.07. The molecule has 0 aromatic heterocycles. The fourth-order valence-electron chi connectivity index (χ4n) is 2.82. The first kappa shape index (κ1) is 17.5. The van der Waals surface area contributed by atoms with Crippen LogP contribution in [0.2, 0.25) is 0 Å². The maximum absolute atomic E-state index is 12.7. The van der Waals surface area contributed by atoms with Crippen LogP contribution in [0.3, 0.4) is 0 Å². The minimum Gasteiger partial charge on any atom is -0.446 e. The lowest BCUT2D eigenvalue weighted by Gasteiger charge is -2.25. The van der Waals surface area contributed by atoms with Crippen LogP contribution in [0.4, 0.5) is 4.79 Å². The first-order valence-corrected chi connectivity index (χ1v) is 8.29. The molecule has 0 bridgehead atoms. The van der Waals surface area contributed by atoms with Crippen LogP contribution in [-0.2, 0) is 9.53 Å². The number of unbranched alkanes of at least 4 members (excludes halogenated alkanes) is 2. The van der Waals surface area contributed by atoms with Crippen LogP contribution in [0.15, 0.2) is 30.3 Å². The molecular formula is C18H25NO4. The first-order chi connectivity index (χ1) is 11.1. The third-order valence-corrected chi connectivity index (χ3v) is 4.36. The number of aliphatic hydroxyl groups is 1. The van der Waals surface area contributed by atoms with Crippen molar-refractivity contribution < 1.29 is 19.4 Å². The summed E-state index contributed by atoms with van der Waals surface area (Å²) >= 11 is 0. The number of carbonyl (C=O) groups is 2. The van der Waals surface area contributed by atoms with Crippen molar-refractivity contribution in [2.45, 2.75) is 51.7 Å². The SMILES string of the molecule is CCCCC[C@H](O)[C@@H](C)C(=O)N1C(=O)OC[C@H]1c1ccccc1. The lowest BCUT2D eigenvalue weighted by molar-refractivity contribution is -0.136. The van der Waals surface area contributed by atoms with Gasteiger partial charge in [0.25, 0.3) is 0 Å². The highest BCUT2D eigenvalue weighted by atomic mass is 16.6. The average Bonchev–Trinajstić information content (AvgIpc) is 2.96. The summed E-state index contributed by atoms with van der Waals surface area (Å²) in [6.45, 7) is 3.92. The van der Waals surface area contributed by atoms with Gasteiger partial charge in [0.2, 0.25) is 5.91 Å². The van der Waals surface area contributed by atoms with Gasteiger partial charge in [0, 0.05) is 0 Å². The minimum atomic E-state index is -0.737. The van der Waals surface area contributed by atoms with Gasteiger partial charge >= 0.3 is 6.09 Å². The molecule has 1 fully saturated rings. The summed E-state index contributed by atoms with van der Waals surface area (Å²) in [5, 5.41) is 10.2. The quantitative estimate of drug-likeness (QED) is 0.783. The van der Waals surface area contributed by atoms with E-state index in [9.17, 15) is 14.7 Å². The Morgan fingerprint density at radius 1 is 1.35 bits per heavy atom. The van der Waals surface area contributed by atoms with Crippen molar-refractivity contribution in [3.8, 4) is 0 Å². The summed E-state index contributed by atoms with van der Waals surface area (Å²) in [5.41, 5.74) is 0.861. The van der Waals surface area contributed by atoms with Crippen LogP contribution in [0.25, 0.3) is 0 Å². The van der Waals surface area contributed by atoms with E-state index in [1.807, 2.05) is 30.3 Å². The number of imide groups is 1. The van der Waals surface area contributed by atoms with E-state index >= 15 is 0 Å². The zero-order chi connectivity index (χ0) is 16.8. The molecule has 0 saturated carbocycles. The molecule has 1 aromatic rings. The lowest BCUT2D eigenvalue weighted by Crippen LogP contribution is -2.41. The number of hydrogen-bond donors (Lipinski definition) is 1. The van der Waals surface area contributed by atoms with E-state index in [4.69, 9.17) is 4.74 Å². The van der Waals surface area contributed by atoms with Crippen molar-refractivity contribution >= 4 is 12.0 Å². The smallest absolute Gasteiger partial charge is 0.417 e. The molecule has 0 unspecified atom stereocenters. The fourth-order valence-corrected chi connectivity index (χ4v) is 2.82. The number of carbonyl (C=O) groups excluding carboxylic acids is 2. The molecule has 1 aliphatic heterocycles. The summed E-state index contributed by atoms with van der Waals surface area (Å²) < 4.78 is 5.07. The second-order valence-electron chi connectivity index (χ2n) is 6.06. The van der Waals surface area contributed by atoms with E-state index in [1.54, 1.807) is 6.92 Å². The Hall–Kier alpha value is -1.88. The van der Waals surface area contributed by atoms with Crippen LogP contribution in [0, 0.1) is 5.92 Å². The molecule has 2 amide bonds. The van der Waals surface area contributed by atoms with Gasteiger partial charge in [0.15, 0.2) is 0 Å². The highest BCUT2D eigenvalue weighted by Gasteiger charge is 2.41. The molecule has 1 N–H and O–H groups in total. The number of rotatable bonds is 7. The summed E-state index contributed by atoms with van der Waals surface area (Å²) in [6.07, 6.45) is 2.16. The molecule has 3 atom stereocenters. The number of aliphatic hydroxyl groups excluding tert-OH is 1. The van der Waals surface area contributed by atoms with Gasteiger partial charge in [0.05, 0.1) is 12.0 Å². The fraction of sp³-hybridized carbons (Fsp3) is 0.556. The van der Waals surface area contributed by atoms with E-state index in [2.05, 4.69) is 6.92 Å². The van der Waals surface area contributed by atoms with Crippen LogP contribution >= 0.6 is 0 Å². The molecule has 2 rings (SSSR count). The van der Waals surface area contributed by atoms with Crippen molar-refractivity contribution in [1.29, 1.82) is 0 Å². The zero-order valence-corrected chi connectivity index (χ0v) is 13.8. The number of hydrogen-bond acceptors (Lipinski definition) is 4. The summed E-state index contributed by atoms with van der Waals surface area (Å²) in [7, 11) is 0. The standard InChI is InChI=1S/C18H25NO4/c1-3-4-6-11-16(20)13(2)17(21)19-15(12-23-18(19)22)14-9-7-5-8-10-14/h5,7-10,13,15-16,20H,3-4,6,11-12H2,1-2H3/t13-,15+,16+/m1/s1. The van der Waals surface area contributed by atoms with Crippen molar-refractivity contribution in [2.24, 2.45) is 5.92 Å². The van der Waals surface area contributed by atoms with Gasteiger partial charge in [-0.3, -0.25) is 4.79 Å². The van der Waals surface area contributed by atoms with E-state index in [-0.39, 0.29) is 12.5 Å². The van der Waals surface area contributed by atoms with E-state index in [0.29, 0.717) is 6.42 Å². The van der Waals surface area contributed by atoms with Gasteiger partial charge in [-0.25, -0.2) is 9.69 Å². The van der Waals surface area contributed by atoms with Gasteiger partial charge in [-0.15, -0.1) is 0 Å². The number of nitrogens with zero attached hydrogens (tertiary/aromatic N) is 1. The van der Waals surface area contributed by atoms with Crippen molar-refractivity contribution in [3.05, 3.63) is 35.9 Å². The van der Waals surface area contributed by atoms with Gasteiger partial charge in [-0.05, 0) is 12.0 Å². The Kier molecular flexibility index (Phi) is 6.16. The molecule has 1 saturated heterocycles. The second-order valence-corrected chi connectivity index (χ2v) is 6.06. The lowest BCUT2D eigenvalue weighted by atomic mass is 9.96. The van der Waals surface area contributed by atoms with Crippen LogP contribution in [-0.4, -0.2) is 34.7 Å². The molecule has 0 spiro atoms. The molecule has 1 aliphatic rings. The maximum Gasteiger partial charge on any atom is 0.417 e. The molecule has 1 heterocycles. The van der Waals surface area contributed by atoms with E-state index < -0.39 is 24.2 Å². The van der Waals surface area contributed by atoms with Crippen molar-refractivity contribution in [1.82, 2.24) is 4.90 Å². The third-order valence-electron chi connectivity index (χ3n) is 4.36. The molecule has 1 aromatic carbocycles. The Morgan fingerprint density at radius 3 is 2.70 bits per heavy atom. The van der Waals surface area contributed by atoms with Crippen LogP contribution < -0.4 is 0 Å². The van der Waals surface area contributed by atoms with Gasteiger partial charge in [-0.2, -0.15) is 0 Å². The van der Waals surface area contributed by atoms with Crippen molar-refractivity contribution in [3.63, 3.8) is 0 Å². The Labute approximate surface area is 137 Å². The molecule has 5 heteroatoms. The van der Waals surface area contributed by atoms with E-state index in [1.165, 1.54) is 0 Å². The Bertz CT molecular complexity index is 531. The molecule has 0 radical (unpaired) electrons. The summed E-state index contributed by atoms with van der Waals surface area (Å²) in [5.74, 6) is -0.992. The van der Waals surface area contributed by atoms with Gasteiger partial charge in [-0.1, -0.05) is 63.4 Å². The predicted molar refractivity (Wildman–Crippen MR) is 86.7 cm³/mol. The first-order valence-electron chi connectivity index (χ1n) is 8.29. The second kappa shape index (κ2) is 8.11. The third kappa shape index (κ3) is 4.10. The van der Waals surface area contributed by atoms with Gasteiger partial charge < -0.3 is 9.84 Å². The highest BCUT2D eigenvalue weighted by Crippen LogP contribution is 2.30. The molecular weight excluding hydrogens is 294 g/mol. The van der Waals surface area contributed by atoms with Gasteiger partial charge in [0.1, 0.15) is 12.6 Å². The molecule has 0 aliphatic carbocycles. The largest absolute Gasteiger partial charge is 0.446 e. The molecule has 126 valence electrons. The molecule has 5 nitrogen and oxygen atoms in total. The van der Waals surface area contributed by atoms with Crippen LogP contribution in [0.1, 0.15) is 51.1 Å². The minimum absolute atomic E-state index is 0.160. The average molecular weight is 319 g/mol. The summed E-state index contributed by atoms with van der Waals surface area (Å²) in [4.78, 5) is 25.8. The topological polar surface area (TPSA) is 66.8 Å². The van der Waals surface area contributed by atoms with E-state index in [0.717, 1.165) is 29.7 Å². The normalized spacial score (nSPS) is 20.2. The summed E-state index contributed by atoms with van der Waals surface area (Å²) in [6, 6.07) is 8.94. The maximum atomic E-state index is 12.7. The van der Waals surface area contributed by atoms with Crippen molar-refractivity contribution in [2.75, 3.05) is 6.61 Å². The number of ether oxygens (including phenoxy) is 1.